The second kappa shape index (κ2) is 8.75. The van der Waals surface area contributed by atoms with Gasteiger partial charge in [-0.25, -0.2) is 0 Å². The number of hydrogen-bond donors (Lipinski definition) is 2. The smallest absolute Gasteiger partial charge is 0.549 e. The van der Waals surface area contributed by atoms with Gasteiger partial charge in [-0.1, -0.05) is 12.8 Å². The van der Waals surface area contributed by atoms with Crippen molar-refractivity contribution in [3.05, 3.63) is 0 Å². The number of carbonyl (C=O) groups is 3. The molecule has 0 bridgehead atoms. The molecule has 0 spiro atoms. The van der Waals surface area contributed by atoms with E-state index in [1.165, 1.54) is 19.8 Å². The second-order valence-electron chi connectivity index (χ2n) is 5.99. The number of hydrogen-bond acceptors (Lipinski definition) is 7. The molecule has 2 aliphatic carbocycles. The van der Waals surface area contributed by atoms with Crippen molar-refractivity contribution < 1.29 is 45.7 Å². The Hall–Kier alpha value is -0.782. The van der Waals surface area contributed by atoms with Gasteiger partial charge in [-0.15, -0.1) is 0 Å². The molecule has 0 aromatic heterocycles. The number of ketones is 1. The molecule has 128 valence electrons. The first-order valence-electron chi connectivity index (χ1n) is 7.15. The van der Waals surface area contributed by atoms with Crippen LogP contribution in [0.3, 0.4) is 0 Å². The van der Waals surface area contributed by atoms with E-state index in [0.717, 1.165) is 12.8 Å². The summed E-state index contributed by atoms with van der Waals surface area (Å²) in [4.78, 5) is 31.7. The van der Waals surface area contributed by atoms with Crippen molar-refractivity contribution >= 4 is 17.7 Å². The van der Waals surface area contributed by atoms with Gasteiger partial charge in [-0.05, 0) is 32.6 Å². The Morgan fingerprint density at radius 3 is 1.55 bits per heavy atom. The van der Waals surface area contributed by atoms with Gasteiger partial charge in [-0.3, -0.25) is 4.79 Å². The fourth-order valence-electron chi connectivity index (χ4n) is 2.67. The zero-order valence-corrected chi connectivity index (χ0v) is 14.8. The first-order valence-corrected chi connectivity index (χ1v) is 7.15. The third-order valence-electron chi connectivity index (χ3n) is 4.42. The molecule has 7 nitrogen and oxygen atoms in total. The summed E-state index contributed by atoms with van der Waals surface area (Å²) in [5, 5.41) is 20.9. The van der Waals surface area contributed by atoms with E-state index < -0.39 is 23.3 Å². The quantitative estimate of drug-likeness (QED) is 0.420. The Bertz CT molecular complexity index is 397. The summed E-state index contributed by atoms with van der Waals surface area (Å²) in [7, 11) is 0. The van der Waals surface area contributed by atoms with Crippen molar-refractivity contribution in [2.75, 3.05) is 0 Å². The number of aliphatic carboxylic acids is 2. The van der Waals surface area contributed by atoms with Crippen LogP contribution in [0.1, 0.15) is 45.4 Å². The van der Waals surface area contributed by atoms with E-state index in [1.807, 2.05) is 0 Å². The molecule has 22 heavy (non-hydrogen) atoms. The number of carboxylic acids is 2. The van der Waals surface area contributed by atoms with Crippen molar-refractivity contribution in [1.29, 1.82) is 0 Å². The van der Waals surface area contributed by atoms with Gasteiger partial charge in [0.1, 0.15) is 5.78 Å². The van der Waals surface area contributed by atoms with Crippen LogP contribution in [0.2, 0.25) is 0 Å². The van der Waals surface area contributed by atoms with E-state index >= 15 is 0 Å². The molecular weight excluding hydrogens is 471 g/mol. The summed E-state index contributed by atoms with van der Waals surface area (Å²) in [5.41, 5.74) is 9.37. The van der Waals surface area contributed by atoms with Crippen molar-refractivity contribution in [3.8, 4) is 0 Å². The van der Waals surface area contributed by atoms with Crippen LogP contribution in [0.25, 0.3) is 0 Å². The van der Waals surface area contributed by atoms with Gasteiger partial charge in [0.2, 0.25) is 0 Å². The molecule has 2 fully saturated rings. The molecule has 0 aromatic carbocycles. The van der Waals surface area contributed by atoms with E-state index in [4.69, 9.17) is 11.5 Å². The minimum absolute atomic E-state index is 0. The van der Waals surface area contributed by atoms with Gasteiger partial charge < -0.3 is 31.3 Å². The standard InChI is InChI=1S/C8H10O5.C6H14N2.Pt/c1-4(9)5-2-8(3-5,6(10)11)7(12)13;7-5-3-1-2-4-6(5)8;/h5H,2-3H2,1H3,(H,10,11)(H,12,13);5-6H,1-4,7-8H2;/q;;+2/p-2/t;5-,6-;/m.1./s1. The number of Topliss-reactive ketones (excluding diaryl/α,β-unsaturated/α-hetero) is 1. The van der Waals surface area contributed by atoms with E-state index in [0.29, 0.717) is 0 Å². The molecule has 4 N–H and O–H groups in total. The normalized spacial score (nSPS) is 26.5. The van der Waals surface area contributed by atoms with Gasteiger partial charge >= 0.3 is 21.1 Å². The molecule has 0 amide bonds. The fraction of sp³-hybridized carbons (Fsp3) is 0.786. The van der Waals surface area contributed by atoms with E-state index in [2.05, 4.69) is 0 Å². The van der Waals surface area contributed by atoms with E-state index in [1.54, 1.807) is 0 Å². The Morgan fingerprint density at radius 2 is 1.32 bits per heavy atom. The summed E-state index contributed by atoms with van der Waals surface area (Å²) >= 11 is 0. The molecule has 0 radical (unpaired) electrons. The Balaban J connectivity index is 0.000000423. The monoisotopic (exact) mass is 493 g/mol. The summed E-state index contributed by atoms with van der Waals surface area (Å²) < 4.78 is 0. The summed E-state index contributed by atoms with van der Waals surface area (Å²) in [6, 6.07) is 0.562. The second-order valence-corrected chi connectivity index (χ2v) is 5.99. The minimum Gasteiger partial charge on any atom is -0.549 e. The third kappa shape index (κ3) is 4.86. The van der Waals surface area contributed by atoms with Crippen LogP contribution in [0, 0.1) is 11.3 Å². The minimum atomic E-state index is -1.93. The third-order valence-corrected chi connectivity index (χ3v) is 4.42. The summed E-state index contributed by atoms with van der Waals surface area (Å²) in [6.07, 6.45) is 4.39. The van der Waals surface area contributed by atoms with Crippen molar-refractivity contribution in [1.82, 2.24) is 0 Å². The SMILES string of the molecule is CC(=O)C1CC(C(=O)[O-])(C(=O)[O-])C1.N[C@@H]1CCCC[C@H]1N.[Pt+2]. The van der Waals surface area contributed by atoms with E-state index in [9.17, 15) is 24.6 Å². The molecule has 0 aromatic rings. The molecule has 0 heterocycles. The summed E-state index contributed by atoms with van der Waals surface area (Å²) in [6.45, 7) is 1.30. The molecule has 0 aliphatic heterocycles. The van der Waals surface area contributed by atoms with E-state index in [-0.39, 0.29) is 51.8 Å². The molecule has 2 atom stereocenters. The summed E-state index contributed by atoms with van der Waals surface area (Å²) in [5.74, 6) is -4.00. The maximum atomic E-state index is 10.7. The van der Waals surface area contributed by atoms with Crippen LogP contribution >= 0.6 is 0 Å². The van der Waals surface area contributed by atoms with Crippen molar-refractivity contribution in [3.63, 3.8) is 0 Å². The van der Waals surface area contributed by atoms with Crippen LogP contribution in [0.4, 0.5) is 0 Å². The largest absolute Gasteiger partial charge is 2.00 e. The molecule has 2 rings (SSSR count). The predicted molar refractivity (Wildman–Crippen MR) is 70.3 cm³/mol. The zero-order chi connectivity index (χ0) is 16.2. The van der Waals surface area contributed by atoms with Gasteiger partial charge in [0.05, 0.1) is 17.4 Å². The van der Waals surface area contributed by atoms with Gasteiger partial charge in [0.25, 0.3) is 0 Å². The molecule has 2 saturated carbocycles. The maximum Gasteiger partial charge on any atom is 2.00 e. The molecule has 8 heteroatoms. The average molecular weight is 493 g/mol. The topological polar surface area (TPSA) is 149 Å². The molecule has 0 saturated heterocycles. The zero-order valence-electron chi connectivity index (χ0n) is 12.5. The van der Waals surface area contributed by atoms with Gasteiger partial charge in [0, 0.05) is 18.0 Å². The van der Waals surface area contributed by atoms with Crippen LogP contribution < -0.4 is 21.7 Å². The Kier molecular flexibility index (Phi) is 8.44. The number of carboxylic acid groups (broad SMARTS) is 2. The van der Waals surface area contributed by atoms with Crippen molar-refractivity contribution in [2.45, 2.75) is 57.5 Å². The fourth-order valence-corrected chi connectivity index (χ4v) is 2.67. The number of nitrogens with two attached hydrogens (primary N) is 2. The molecule has 2 aliphatic rings. The van der Waals surface area contributed by atoms with Gasteiger partial charge in [-0.2, -0.15) is 0 Å². The van der Waals surface area contributed by atoms with Crippen LogP contribution in [0.5, 0.6) is 0 Å². The Morgan fingerprint density at radius 1 is 0.955 bits per heavy atom. The average Bonchev–Trinajstić information content (AvgIpc) is 2.31. The molecular formula is C14H22N2O5Pt. The van der Waals surface area contributed by atoms with Gasteiger partial charge in [0.15, 0.2) is 0 Å². The number of carbonyl (C=O) groups excluding carboxylic acids is 3. The first-order chi connectivity index (χ1) is 9.70. The Labute approximate surface area is 144 Å². The van der Waals surface area contributed by atoms with Crippen LogP contribution in [-0.4, -0.2) is 29.8 Å². The molecule has 0 unspecified atom stereocenters. The predicted octanol–water partition coefficient (Wildman–Crippen LogP) is -2.32. The first kappa shape index (κ1) is 21.2. The van der Waals surface area contributed by atoms with Crippen LogP contribution in [0.15, 0.2) is 0 Å². The maximum absolute atomic E-state index is 10.7. The number of rotatable bonds is 3. The van der Waals surface area contributed by atoms with Crippen molar-refractivity contribution in [2.24, 2.45) is 22.8 Å². The van der Waals surface area contributed by atoms with Crippen LogP contribution in [-0.2, 0) is 35.4 Å².